The molecular weight excluding hydrogens is 412 g/mol. The summed E-state index contributed by atoms with van der Waals surface area (Å²) in [5.74, 6) is 0.285. The average Bonchev–Trinajstić information content (AvgIpc) is 2.82. The molecule has 0 saturated heterocycles. The molecule has 172 valence electrons. The van der Waals surface area contributed by atoms with Crippen molar-refractivity contribution in [3.8, 4) is 11.1 Å². The topological polar surface area (TPSA) is 90.0 Å². The number of nitrogens with one attached hydrogen (secondary N) is 1. The SMILES string of the molecule is CC(C)Cn1cc(-c2ccccc2)cc(NC2CCC(c3ccc(C(N)=O)nc3)CC2)c1=O. The Hall–Kier alpha value is -3.41. The van der Waals surface area contributed by atoms with Crippen molar-refractivity contribution < 1.29 is 4.79 Å². The average molecular weight is 445 g/mol. The molecular formula is C27H32N4O2. The molecule has 0 atom stereocenters. The summed E-state index contributed by atoms with van der Waals surface area (Å²) in [6, 6.07) is 16.1. The summed E-state index contributed by atoms with van der Waals surface area (Å²) in [4.78, 5) is 28.6. The Bertz CT molecular complexity index is 1140. The molecule has 2 heterocycles. The number of aromatic nitrogens is 2. The van der Waals surface area contributed by atoms with Crippen molar-refractivity contribution in [3.05, 3.63) is 82.5 Å². The van der Waals surface area contributed by atoms with E-state index in [1.165, 1.54) is 0 Å². The van der Waals surface area contributed by atoms with Gasteiger partial charge in [-0.05, 0) is 60.8 Å². The maximum absolute atomic E-state index is 13.2. The fourth-order valence-corrected chi connectivity index (χ4v) is 4.64. The van der Waals surface area contributed by atoms with Gasteiger partial charge in [-0.1, -0.05) is 50.2 Å². The van der Waals surface area contributed by atoms with Crippen LogP contribution in [-0.4, -0.2) is 21.5 Å². The number of carbonyl (C=O) groups is 1. The van der Waals surface area contributed by atoms with E-state index in [0.29, 0.717) is 29.8 Å². The van der Waals surface area contributed by atoms with E-state index in [4.69, 9.17) is 5.73 Å². The molecule has 33 heavy (non-hydrogen) atoms. The van der Waals surface area contributed by atoms with E-state index >= 15 is 0 Å². The van der Waals surface area contributed by atoms with Crippen LogP contribution in [0.5, 0.6) is 0 Å². The van der Waals surface area contributed by atoms with Gasteiger partial charge < -0.3 is 15.6 Å². The lowest BCUT2D eigenvalue weighted by molar-refractivity contribution is 0.0995. The molecule has 3 N–H and O–H groups in total. The van der Waals surface area contributed by atoms with Crippen molar-refractivity contribution in [2.45, 2.75) is 58.0 Å². The van der Waals surface area contributed by atoms with Crippen molar-refractivity contribution in [1.29, 1.82) is 0 Å². The van der Waals surface area contributed by atoms with Gasteiger partial charge in [0.2, 0.25) is 0 Å². The minimum atomic E-state index is -0.504. The highest BCUT2D eigenvalue weighted by Crippen LogP contribution is 2.34. The van der Waals surface area contributed by atoms with Crippen LogP contribution in [0.3, 0.4) is 0 Å². The van der Waals surface area contributed by atoms with Crippen LogP contribution in [0.4, 0.5) is 5.69 Å². The van der Waals surface area contributed by atoms with Gasteiger partial charge in [-0.2, -0.15) is 0 Å². The number of hydrogen-bond donors (Lipinski definition) is 2. The predicted octanol–water partition coefficient (Wildman–Crippen LogP) is 4.80. The molecule has 0 aliphatic heterocycles. The second-order valence-corrected chi connectivity index (χ2v) is 9.39. The Morgan fingerprint density at radius 3 is 2.42 bits per heavy atom. The first-order chi connectivity index (χ1) is 15.9. The van der Waals surface area contributed by atoms with Crippen LogP contribution in [0.15, 0.2) is 65.7 Å². The second-order valence-electron chi connectivity index (χ2n) is 9.39. The molecule has 4 rings (SSSR count). The van der Waals surface area contributed by atoms with Gasteiger partial charge in [0.15, 0.2) is 0 Å². The summed E-state index contributed by atoms with van der Waals surface area (Å²) >= 11 is 0. The Morgan fingerprint density at radius 1 is 1.09 bits per heavy atom. The molecule has 0 bridgehead atoms. The van der Waals surface area contributed by atoms with Crippen molar-refractivity contribution in [1.82, 2.24) is 9.55 Å². The molecule has 1 saturated carbocycles. The lowest BCUT2D eigenvalue weighted by Crippen LogP contribution is -2.31. The first kappa shape index (κ1) is 22.8. The number of carbonyl (C=O) groups excluding carboxylic acids is 1. The summed E-state index contributed by atoms with van der Waals surface area (Å²) in [5.41, 5.74) is 9.60. The molecule has 6 nitrogen and oxygen atoms in total. The summed E-state index contributed by atoms with van der Waals surface area (Å²) in [7, 11) is 0. The Labute approximate surface area is 194 Å². The largest absolute Gasteiger partial charge is 0.378 e. The van der Waals surface area contributed by atoms with Crippen LogP contribution < -0.4 is 16.6 Å². The molecule has 0 spiro atoms. The molecule has 1 aliphatic rings. The van der Waals surface area contributed by atoms with Crippen LogP contribution in [0.1, 0.15) is 61.5 Å². The number of anilines is 1. The van der Waals surface area contributed by atoms with Gasteiger partial charge in [0.1, 0.15) is 11.4 Å². The zero-order chi connectivity index (χ0) is 23.4. The summed E-state index contributed by atoms with van der Waals surface area (Å²) < 4.78 is 1.84. The fourth-order valence-electron chi connectivity index (χ4n) is 4.64. The molecule has 2 aromatic heterocycles. The minimum Gasteiger partial charge on any atom is -0.378 e. The second kappa shape index (κ2) is 10.0. The molecule has 1 aromatic carbocycles. The molecule has 0 unspecified atom stereocenters. The quantitative estimate of drug-likeness (QED) is 0.547. The number of nitrogens with two attached hydrogens (primary N) is 1. The normalized spacial score (nSPS) is 18.3. The molecule has 1 fully saturated rings. The monoisotopic (exact) mass is 444 g/mol. The number of rotatable bonds is 7. The Balaban J connectivity index is 1.49. The van der Waals surface area contributed by atoms with Gasteiger partial charge >= 0.3 is 0 Å². The smallest absolute Gasteiger partial charge is 0.273 e. The van der Waals surface area contributed by atoms with Crippen LogP contribution in [-0.2, 0) is 6.54 Å². The van der Waals surface area contributed by atoms with Gasteiger partial charge in [0.05, 0.1) is 0 Å². The van der Waals surface area contributed by atoms with Gasteiger partial charge in [-0.25, -0.2) is 0 Å². The Morgan fingerprint density at radius 2 is 1.82 bits per heavy atom. The highest BCUT2D eigenvalue weighted by Gasteiger charge is 2.24. The van der Waals surface area contributed by atoms with Crippen LogP contribution in [0.2, 0.25) is 0 Å². The zero-order valence-corrected chi connectivity index (χ0v) is 19.3. The van der Waals surface area contributed by atoms with Crippen LogP contribution in [0.25, 0.3) is 11.1 Å². The predicted molar refractivity (Wildman–Crippen MR) is 132 cm³/mol. The van der Waals surface area contributed by atoms with Crippen molar-refractivity contribution >= 4 is 11.6 Å². The zero-order valence-electron chi connectivity index (χ0n) is 19.3. The van der Waals surface area contributed by atoms with E-state index in [1.54, 1.807) is 12.3 Å². The van der Waals surface area contributed by atoms with Crippen LogP contribution in [0, 0.1) is 5.92 Å². The van der Waals surface area contributed by atoms with Crippen molar-refractivity contribution in [2.24, 2.45) is 11.7 Å². The van der Waals surface area contributed by atoms with E-state index in [1.807, 2.05) is 41.1 Å². The first-order valence-electron chi connectivity index (χ1n) is 11.7. The molecule has 3 aromatic rings. The molecule has 1 aliphatic carbocycles. The maximum atomic E-state index is 13.2. The van der Waals surface area contributed by atoms with Crippen LogP contribution >= 0.6 is 0 Å². The lowest BCUT2D eigenvalue weighted by atomic mass is 9.82. The number of nitrogens with zero attached hydrogens (tertiary/aromatic N) is 2. The molecule has 6 heteroatoms. The van der Waals surface area contributed by atoms with Gasteiger partial charge in [-0.15, -0.1) is 0 Å². The number of pyridine rings is 2. The van der Waals surface area contributed by atoms with Gasteiger partial charge in [0, 0.05) is 30.5 Å². The first-order valence-corrected chi connectivity index (χ1v) is 11.7. The number of benzene rings is 1. The number of hydrogen-bond acceptors (Lipinski definition) is 4. The number of amides is 1. The van der Waals surface area contributed by atoms with E-state index in [2.05, 4.69) is 36.3 Å². The van der Waals surface area contributed by atoms with Gasteiger partial charge in [-0.3, -0.25) is 14.6 Å². The summed E-state index contributed by atoms with van der Waals surface area (Å²) in [5, 5.41) is 3.56. The van der Waals surface area contributed by atoms with Gasteiger partial charge in [0.25, 0.3) is 11.5 Å². The summed E-state index contributed by atoms with van der Waals surface area (Å²) in [6.45, 7) is 4.94. The minimum absolute atomic E-state index is 0.0387. The van der Waals surface area contributed by atoms with E-state index in [0.717, 1.165) is 42.4 Å². The van der Waals surface area contributed by atoms with E-state index in [9.17, 15) is 9.59 Å². The lowest BCUT2D eigenvalue weighted by Gasteiger charge is -2.30. The maximum Gasteiger partial charge on any atom is 0.273 e. The third kappa shape index (κ3) is 5.51. The highest BCUT2D eigenvalue weighted by molar-refractivity contribution is 5.90. The van der Waals surface area contributed by atoms with Crippen molar-refractivity contribution in [3.63, 3.8) is 0 Å². The fraction of sp³-hybridized carbons (Fsp3) is 0.370. The van der Waals surface area contributed by atoms with E-state index in [-0.39, 0.29) is 11.6 Å². The number of primary amides is 1. The third-order valence-corrected chi connectivity index (χ3v) is 6.35. The molecule has 1 amide bonds. The summed E-state index contributed by atoms with van der Waals surface area (Å²) in [6.07, 6.45) is 7.71. The molecule has 0 radical (unpaired) electrons. The Kier molecular flexibility index (Phi) is 6.92. The van der Waals surface area contributed by atoms with Crippen molar-refractivity contribution in [2.75, 3.05) is 5.32 Å². The third-order valence-electron chi connectivity index (χ3n) is 6.35. The highest BCUT2D eigenvalue weighted by atomic mass is 16.1. The van der Waals surface area contributed by atoms with E-state index < -0.39 is 5.91 Å². The standard InChI is InChI=1S/C27H32N4O2/c1-18(2)16-31-17-22(19-6-4-3-5-7-19)14-25(27(31)33)30-23-11-8-20(9-12-23)21-10-13-24(26(28)32)29-15-21/h3-7,10,13-15,17-18,20,23,30H,8-9,11-12,16H2,1-2H3,(H2,28,32).